The highest BCUT2D eigenvalue weighted by atomic mass is 35.5. The van der Waals surface area contributed by atoms with Gasteiger partial charge in [0.1, 0.15) is 6.54 Å². The number of rotatable bonds is 3. The number of imidazole rings is 1. The fraction of sp³-hybridized carbons (Fsp3) is 0.333. The molecule has 0 radical (unpaired) electrons. The molecule has 1 N–H and O–H groups in total. The van der Waals surface area contributed by atoms with E-state index in [-0.39, 0.29) is 5.91 Å². The fourth-order valence-electron chi connectivity index (χ4n) is 2.50. The highest BCUT2D eigenvalue weighted by Crippen LogP contribution is 2.27. The Morgan fingerprint density at radius 1 is 1.29 bits per heavy atom. The van der Waals surface area contributed by atoms with Crippen molar-refractivity contribution in [2.24, 2.45) is 0 Å². The summed E-state index contributed by atoms with van der Waals surface area (Å²) in [5.41, 5.74) is 1.76. The van der Waals surface area contributed by atoms with Crippen LogP contribution in [0.3, 0.4) is 0 Å². The molecule has 0 unspecified atom stereocenters. The molecule has 0 saturated carbocycles. The average Bonchev–Trinajstić information content (AvgIpc) is 2.96. The molecule has 1 aromatic carbocycles. The van der Waals surface area contributed by atoms with Gasteiger partial charge in [-0.05, 0) is 6.07 Å². The lowest BCUT2D eigenvalue weighted by atomic mass is 10.1. The van der Waals surface area contributed by atoms with Gasteiger partial charge < -0.3 is 14.8 Å². The number of carbonyl (C=O) groups is 1. The number of hydrogen-bond acceptors (Lipinski definition) is 3. The Balaban J connectivity index is 1.80. The molecule has 1 aromatic heterocycles. The number of piperazine rings is 1. The molecular formula is C15H17ClN4O. The molecule has 110 valence electrons. The molecule has 3 rings (SSSR count). The predicted molar refractivity (Wildman–Crippen MR) is 82.1 cm³/mol. The quantitative estimate of drug-likeness (QED) is 0.938. The van der Waals surface area contributed by atoms with Gasteiger partial charge in [-0.2, -0.15) is 0 Å². The number of carbonyl (C=O) groups excluding carboxylic acids is 1. The molecule has 6 heteroatoms. The summed E-state index contributed by atoms with van der Waals surface area (Å²) < 4.78 is 1.85. The molecule has 5 nitrogen and oxygen atoms in total. The molecule has 1 fully saturated rings. The minimum absolute atomic E-state index is 0.114. The molecule has 2 heterocycles. The van der Waals surface area contributed by atoms with E-state index >= 15 is 0 Å². The lowest BCUT2D eigenvalue weighted by Crippen LogP contribution is -2.47. The third kappa shape index (κ3) is 3.09. The van der Waals surface area contributed by atoms with Crippen LogP contribution in [-0.4, -0.2) is 46.5 Å². The molecular weight excluding hydrogens is 288 g/mol. The van der Waals surface area contributed by atoms with Crippen LogP contribution < -0.4 is 5.32 Å². The Labute approximate surface area is 128 Å². The van der Waals surface area contributed by atoms with Crippen molar-refractivity contribution in [3.63, 3.8) is 0 Å². The first-order valence-corrected chi connectivity index (χ1v) is 7.37. The van der Waals surface area contributed by atoms with Gasteiger partial charge in [0.15, 0.2) is 0 Å². The van der Waals surface area contributed by atoms with Crippen LogP contribution in [0.2, 0.25) is 5.02 Å². The predicted octanol–water partition coefficient (Wildman–Crippen LogP) is 1.64. The van der Waals surface area contributed by atoms with E-state index in [4.69, 9.17) is 11.6 Å². The summed E-state index contributed by atoms with van der Waals surface area (Å²) in [6.45, 7) is 3.52. The first kappa shape index (κ1) is 14.1. The standard InChI is InChI=1S/C15H17ClN4O/c16-13-4-2-1-3-12(13)14-9-18-11-20(14)10-15(21)19-7-5-17-6-8-19/h1-4,9,11,17H,5-8,10H2. The minimum atomic E-state index is 0.114. The Morgan fingerprint density at radius 3 is 2.81 bits per heavy atom. The van der Waals surface area contributed by atoms with E-state index in [1.807, 2.05) is 33.7 Å². The molecule has 1 aliphatic rings. The van der Waals surface area contributed by atoms with Crippen molar-refractivity contribution in [3.05, 3.63) is 41.8 Å². The van der Waals surface area contributed by atoms with Crippen LogP contribution in [0.25, 0.3) is 11.3 Å². The molecule has 0 aliphatic carbocycles. The van der Waals surface area contributed by atoms with Crippen molar-refractivity contribution >= 4 is 17.5 Å². The molecule has 0 atom stereocenters. The highest BCUT2D eigenvalue weighted by Gasteiger charge is 2.18. The summed E-state index contributed by atoms with van der Waals surface area (Å²) in [4.78, 5) is 18.4. The second-order valence-corrected chi connectivity index (χ2v) is 5.42. The first-order chi connectivity index (χ1) is 10.3. The number of halogens is 1. The molecule has 1 aliphatic heterocycles. The van der Waals surface area contributed by atoms with Crippen LogP contribution in [0.4, 0.5) is 0 Å². The monoisotopic (exact) mass is 304 g/mol. The number of benzene rings is 1. The largest absolute Gasteiger partial charge is 0.339 e. The maximum Gasteiger partial charge on any atom is 0.242 e. The van der Waals surface area contributed by atoms with Crippen molar-refractivity contribution < 1.29 is 4.79 Å². The van der Waals surface area contributed by atoms with Crippen molar-refractivity contribution in [1.82, 2.24) is 19.8 Å². The Morgan fingerprint density at radius 2 is 2.05 bits per heavy atom. The number of hydrogen-bond donors (Lipinski definition) is 1. The van der Waals surface area contributed by atoms with Crippen LogP contribution in [-0.2, 0) is 11.3 Å². The summed E-state index contributed by atoms with van der Waals surface area (Å²) in [5, 5.41) is 3.90. The first-order valence-electron chi connectivity index (χ1n) is 6.99. The van der Waals surface area contributed by atoms with Gasteiger partial charge in [-0.15, -0.1) is 0 Å². The number of nitrogens with zero attached hydrogens (tertiary/aromatic N) is 3. The summed E-state index contributed by atoms with van der Waals surface area (Å²) in [7, 11) is 0. The summed E-state index contributed by atoms with van der Waals surface area (Å²) in [5.74, 6) is 0.114. The van der Waals surface area contributed by atoms with Crippen LogP contribution >= 0.6 is 11.6 Å². The van der Waals surface area contributed by atoms with Gasteiger partial charge in [0, 0.05) is 36.8 Å². The molecule has 0 spiro atoms. The van der Waals surface area contributed by atoms with E-state index in [0.29, 0.717) is 11.6 Å². The van der Waals surface area contributed by atoms with Crippen molar-refractivity contribution in [2.75, 3.05) is 26.2 Å². The van der Waals surface area contributed by atoms with E-state index in [1.54, 1.807) is 12.5 Å². The fourth-order valence-corrected chi connectivity index (χ4v) is 2.73. The molecule has 1 amide bonds. The van der Waals surface area contributed by atoms with E-state index < -0.39 is 0 Å². The third-order valence-corrected chi connectivity index (χ3v) is 3.97. The van der Waals surface area contributed by atoms with Crippen LogP contribution in [0.15, 0.2) is 36.8 Å². The normalized spacial score (nSPS) is 15.2. The van der Waals surface area contributed by atoms with E-state index in [9.17, 15) is 4.79 Å². The smallest absolute Gasteiger partial charge is 0.242 e. The van der Waals surface area contributed by atoms with Gasteiger partial charge in [0.2, 0.25) is 5.91 Å². The molecule has 1 saturated heterocycles. The SMILES string of the molecule is O=C(Cn1cncc1-c1ccccc1Cl)N1CCNCC1. The van der Waals surface area contributed by atoms with Gasteiger partial charge in [-0.1, -0.05) is 29.8 Å². The summed E-state index contributed by atoms with van der Waals surface area (Å²) in [6, 6.07) is 7.59. The lowest BCUT2D eigenvalue weighted by Gasteiger charge is -2.27. The van der Waals surface area contributed by atoms with Gasteiger partial charge in [-0.3, -0.25) is 4.79 Å². The zero-order valence-electron chi connectivity index (χ0n) is 11.6. The summed E-state index contributed by atoms with van der Waals surface area (Å²) in [6.07, 6.45) is 3.42. The molecule has 21 heavy (non-hydrogen) atoms. The van der Waals surface area contributed by atoms with Crippen LogP contribution in [0, 0.1) is 0 Å². The lowest BCUT2D eigenvalue weighted by molar-refractivity contribution is -0.132. The van der Waals surface area contributed by atoms with Crippen molar-refractivity contribution in [3.8, 4) is 11.3 Å². The topological polar surface area (TPSA) is 50.2 Å². The zero-order chi connectivity index (χ0) is 14.7. The number of aromatic nitrogens is 2. The summed E-state index contributed by atoms with van der Waals surface area (Å²) >= 11 is 6.23. The van der Waals surface area contributed by atoms with Crippen LogP contribution in [0.1, 0.15) is 0 Å². The van der Waals surface area contributed by atoms with Gasteiger partial charge in [0.25, 0.3) is 0 Å². The number of nitrogens with one attached hydrogen (secondary N) is 1. The average molecular weight is 305 g/mol. The molecule has 0 bridgehead atoms. The third-order valence-electron chi connectivity index (χ3n) is 3.64. The van der Waals surface area contributed by atoms with Gasteiger partial charge >= 0.3 is 0 Å². The number of amides is 1. The van der Waals surface area contributed by atoms with Gasteiger partial charge in [-0.25, -0.2) is 4.98 Å². The maximum absolute atomic E-state index is 12.4. The minimum Gasteiger partial charge on any atom is -0.339 e. The zero-order valence-corrected chi connectivity index (χ0v) is 12.4. The second kappa shape index (κ2) is 6.28. The van der Waals surface area contributed by atoms with Gasteiger partial charge in [0.05, 0.1) is 18.2 Å². The Kier molecular flexibility index (Phi) is 4.22. The highest BCUT2D eigenvalue weighted by molar-refractivity contribution is 6.33. The van der Waals surface area contributed by atoms with E-state index in [2.05, 4.69) is 10.3 Å². The Bertz CT molecular complexity index is 634. The van der Waals surface area contributed by atoms with Crippen LogP contribution in [0.5, 0.6) is 0 Å². The second-order valence-electron chi connectivity index (χ2n) is 5.02. The van der Waals surface area contributed by atoms with E-state index in [0.717, 1.165) is 37.4 Å². The maximum atomic E-state index is 12.4. The Hall–Kier alpha value is -1.85. The molecule has 2 aromatic rings. The van der Waals surface area contributed by atoms with Crippen molar-refractivity contribution in [1.29, 1.82) is 0 Å². The van der Waals surface area contributed by atoms with E-state index in [1.165, 1.54) is 0 Å². The van der Waals surface area contributed by atoms with Crippen molar-refractivity contribution in [2.45, 2.75) is 6.54 Å².